The maximum atomic E-state index is 6.39. The van der Waals surface area contributed by atoms with Crippen LogP contribution < -0.4 is 4.90 Å². The Bertz CT molecular complexity index is 3210. The monoisotopic (exact) mass is 745 g/mol. The number of benzene rings is 9. The Labute approximate surface area is 335 Å². The van der Waals surface area contributed by atoms with Crippen molar-refractivity contribution in [3.05, 3.63) is 212 Å². The van der Waals surface area contributed by atoms with Crippen LogP contribution in [-0.2, 0) is 0 Å². The van der Waals surface area contributed by atoms with Gasteiger partial charge in [-0.1, -0.05) is 146 Å². The van der Waals surface area contributed by atoms with Gasteiger partial charge in [0.2, 0.25) is 0 Å². The highest BCUT2D eigenvalue weighted by atomic mass is 32.1. The van der Waals surface area contributed by atoms with Crippen molar-refractivity contribution in [2.75, 3.05) is 4.90 Å². The zero-order valence-corrected chi connectivity index (χ0v) is 31.8. The van der Waals surface area contributed by atoms with Gasteiger partial charge in [0, 0.05) is 54.1 Å². The fourth-order valence-electron chi connectivity index (χ4n) is 8.37. The highest BCUT2D eigenvalue weighted by Crippen LogP contribution is 2.46. The van der Waals surface area contributed by atoms with Crippen LogP contribution >= 0.6 is 11.3 Å². The first-order valence-corrected chi connectivity index (χ1v) is 20.1. The molecule has 11 rings (SSSR count). The van der Waals surface area contributed by atoms with Crippen LogP contribution in [-0.4, -0.2) is 0 Å². The van der Waals surface area contributed by atoms with Gasteiger partial charge in [0.25, 0.3) is 0 Å². The summed E-state index contributed by atoms with van der Waals surface area (Å²) in [6.45, 7) is 0. The molecule has 0 bridgehead atoms. The summed E-state index contributed by atoms with van der Waals surface area (Å²) in [7, 11) is 0. The highest BCUT2D eigenvalue weighted by molar-refractivity contribution is 7.26. The summed E-state index contributed by atoms with van der Waals surface area (Å²) in [5, 5.41) is 4.84. The van der Waals surface area contributed by atoms with Gasteiger partial charge in [-0.15, -0.1) is 11.3 Å². The number of nitrogens with zero attached hydrogens (tertiary/aromatic N) is 1. The van der Waals surface area contributed by atoms with Crippen molar-refractivity contribution in [1.29, 1.82) is 0 Å². The predicted octanol–water partition coefficient (Wildman–Crippen LogP) is 16.1. The van der Waals surface area contributed by atoms with E-state index in [1.807, 2.05) is 23.5 Å². The van der Waals surface area contributed by atoms with E-state index in [0.29, 0.717) is 0 Å². The van der Waals surface area contributed by atoms with Crippen molar-refractivity contribution in [3.8, 4) is 44.5 Å². The van der Waals surface area contributed by atoms with E-state index in [-0.39, 0.29) is 0 Å². The molecule has 0 radical (unpaired) electrons. The molecule has 2 nitrogen and oxygen atoms in total. The summed E-state index contributed by atoms with van der Waals surface area (Å²) >= 11 is 1.86. The third-order valence-corrected chi connectivity index (χ3v) is 12.2. The molecule has 0 unspecified atom stereocenters. The fourth-order valence-corrected chi connectivity index (χ4v) is 9.48. The lowest BCUT2D eigenvalue weighted by atomic mass is 9.89. The van der Waals surface area contributed by atoms with Crippen LogP contribution in [0.15, 0.2) is 217 Å². The minimum Gasteiger partial charge on any atom is -0.456 e. The second kappa shape index (κ2) is 13.8. The average molecular weight is 746 g/mol. The van der Waals surface area contributed by atoms with E-state index in [4.69, 9.17) is 4.42 Å². The van der Waals surface area contributed by atoms with Crippen LogP contribution in [0.5, 0.6) is 0 Å². The smallest absolute Gasteiger partial charge is 0.137 e. The molecule has 268 valence electrons. The molecule has 3 heteroatoms. The van der Waals surface area contributed by atoms with E-state index in [2.05, 4.69) is 205 Å². The zero-order chi connectivity index (χ0) is 37.7. The molecule has 0 aliphatic carbocycles. The van der Waals surface area contributed by atoms with Crippen molar-refractivity contribution >= 4 is 70.5 Å². The minimum absolute atomic E-state index is 0.870. The molecule has 0 fully saturated rings. The quantitative estimate of drug-likeness (QED) is 0.162. The Balaban J connectivity index is 1.06. The largest absolute Gasteiger partial charge is 0.456 e. The summed E-state index contributed by atoms with van der Waals surface area (Å²) < 4.78 is 8.99. The van der Waals surface area contributed by atoms with E-state index < -0.39 is 0 Å². The second-order valence-electron chi connectivity index (χ2n) is 14.5. The summed E-state index contributed by atoms with van der Waals surface area (Å²) in [4.78, 5) is 2.32. The van der Waals surface area contributed by atoms with Gasteiger partial charge >= 0.3 is 0 Å². The van der Waals surface area contributed by atoms with E-state index in [1.165, 1.54) is 64.7 Å². The molecule has 0 saturated carbocycles. The van der Waals surface area contributed by atoms with E-state index in [9.17, 15) is 0 Å². The fraction of sp³-hybridized carbons (Fsp3) is 0. The van der Waals surface area contributed by atoms with E-state index >= 15 is 0 Å². The lowest BCUT2D eigenvalue weighted by Gasteiger charge is -2.26. The van der Waals surface area contributed by atoms with Crippen LogP contribution in [0.25, 0.3) is 86.6 Å². The molecule has 2 aromatic heterocycles. The molecular weight excluding hydrogens is 711 g/mol. The number of anilines is 3. The third-order valence-electron chi connectivity index (χ3n) is 11.1. The normalized spacial score (nSPS) is 11.5. The van der Waals surface area contributed by atoms with Crippen molar-refractivity contribution < 1.29 is 4.42 Å². The summed E-state index contributed by atoms with van der Waals surface area (Å²) in [6, 6.07) is 76.4. The molecule has 0 saturated heterocycles. The number of para-hydroxylation sites is 1. The Kier molecular flexibility index (Phi) is 8.04. The molecule has 0 amide bonds. The van der Waals surface area contributed by atoms with Crippen LogP contribution in [0.3, 0.4) is 0 Å². The first-order valence-electron chi connectivity index (χ1n) is 19.3. The lowest BCUT2D eigenvalue weighted by molar-refractivity contribution is 0.669. The van der Waals surface area contributed by atoms with Gasteiger partial charge in [0.05, 0.1) is 0 Å². The maximum absolute atomic E-state index is 6.39. The zero-order valence-electron chi connectivity index (χ0n) is 31.0. The van der Waals surface area contributed by atoms with Gasteiger partial charge in [0.15, 0.2) is 0 Å². The number of furan rings is 1. The standard InChI is InChI=1S/C54H35NOS/c1-3-12-36(13-4-1)38-22-26-42(27-23-38)55(44-30-31-47-46-18-7-9-20-49(46)56-50(47)35-44)43-28-24-39(25-29-43)45-32-33-52-54(48-19-8-10-21-51(48)57-52)53(45)41-17-11-16-40(34-41)37-14-5-2-6-15-37/h1-35H. The summed E-state index contributed by atoms with van der Waals surface area (Å²) in [5.41, 5.74) is 14.6. The summed E-state index contributed by atoms with van der Waals surface area (Å²) in [5.74, 6) is 0. The average Bonchev–Trinajstić information content (AvgIpc) is 3.85. The number of rotatable bonds is 7. The topological polar surface area (TPSA) is 16.4 Å². The molecular formula is C54H35NOS. The maximum Gasteiger partial charge on any atom is 0.137 e. The first kappa shape index (κ1) is 33.2. The molecule has 2 heterocycles. The van der Waals surface area contributed by atoms with Crippen molar-refractivity contribution in [2.45, 2.75) is 0 Å². The molecule has 57 heavy (non-hydrogen) atoms. The van der Waals surface area contributed by atoms with Crippen molar-refractivity contribution in [3.63, 3.8) is 0 Å². The van der Waals surface area contributed by atoms with Gasteiger partial charge in [-0.25, -0.2) is 0 Å². The second-order valence-corrected chi connectivity index (χ2v) is 15.6. The molecule has 0 aliphatic rings. The molecule has 0 spiro atoms. The predicted molar refractivity (Wildman–Crippen MR) is 243 cm³/mol. The number of hydrogen-bond donors (Lipinski definition) is 0. The SMILES string of the molecule is c1ccc(-c2ccc(N(c3ccc(-c4ccc5sc6ccccc6c5c4-c4cccc(-c5ccccc5)c4)cc3)c3ccc4c(c3)oc3ccccc34)cc2)cc1. The van der Waals surface area contributed by atoms with Gasteiger partial charge in [-0.2, -0.15) is 0 Å². The number of fused-ring (bicyclic) bond motifs is 6. The summed E-state index contributed by atoms with van der Waals surface area (Å²) in [6.07, 6.45) is 0. The van der Waals surface area contributed by atoms with Crippen molar-refractivity contribution in [2.24, 2.45) is 0 Å². The van der Waals surface area contributed by atoms with Gasteiger partial charge in [0.1, 0.15) is 11.2 Å². The van der Waals surface area contributed by atoms with E-state index in [0.717, 1.165) is 39.0 Å². The number of thiophene rings is 1. The van der Waals surface area contributed by atoms with E-state index in [1.54, 1.807) is 0 Å². The molecule has 0 N–H and O–H groups in total. The molecule has 0 atom stereocenters. The van der Waals surface area contributed by atoms with Crippen LogP contribution in [0, 0.1) is 0 Å². The lowest BCUT2D eigenvalue weighted by Crippen LogP contribution is -2.09. The Morgan fingerprint density at radius 3 is 1.65 bits per heavy atom. The van der Waals surface area contributed by atoms with Gasteiger partial charge in [-0.3, -0.25) is 0 Å². The Morgan fingerprint density at radius 2 is 0.895 bits per heavy atom. The Hall–Kier alpha value is -7.20. The molecule has 11 aromatic rings. The molecule has 9 aromatic carbocycles. The van der Waals surface area contributed by atoms with Crippen LogP contribution in [0.4, 0.5) is 17.1 Å². The highest BCUT2D eigenvalue weighted by Gasteiger charge is 2.19. The van der Waals surface area contributed by atoms with Crippen molar-refractivity contribution in [1.82, 2.24) is 0 Å². The molecule has 0 aliphatic heterocycles. The van der Waals surface area contributed by atoms with Crippen LogP contribution in [0.2, 0.25) is 0 Å². The number of hydrogen-bond acceptors (Lipinski definition) is 3. The first-order chi connectivity index (χ1) is 28.2. The Morgan fingerprint density at radius 1 is 0.333 bits per heavy atom. The van der Waals surface area contributed by atoms with Gasteiger partial charge in [-0.05, 0) is 105 Å². The van der Waals surface area contributed by atoms with Gasteiger partial charge < -0.3 is 9.32 Å². The van der Waals surface area contributed by atoms with Crippen LogP contribution in [0.1, 0.15) is 0 Å². The third kappa shape index (κ3) is 5.88. The minimum atomic E-state index is 0.870.